The first kappa shape index (κ1) is 14.8. The standard InChI is InChI=1S/C18H19N5O/c19-15-9-10-22(12-15)18(24)14-7-5-13(6-8-14)11-23-17-4-2-1-3-16(17)20-21-23/h1-8,15H,9-12,19H2/t15-/m1/s1. The summed E-state index contributed by atoms with van der Waals surface area (Å²) < 4.78 is 1.87. The second kappa shape index (κ2) is 6.05. The monoisotopic (exact) mass is 321 g/mol. The number of aromatic nitrogens is 3. The van der Waals surface area contributed by atoms with E-state index in [4.69, 9.17) is 5.73 Å². The number of nitrogens with zero attached hydrogens (tertiary/aromatic N) is 4. The number of benzene rings is 2. The summed E-state index contributed by atoms with van der Waals surface area (Å²) in [5.41, 5.74) is 9.55. The predicted molar refractivity (Wildman–Crippen MR) is 91.6 cm³/mol. The fourth-order valence-corrected chi connectivity index (χ4v) is 3.11. The Hall–Kier alpha value is -2.73. The van der Waals surface area contributed by atoms with Crippen LogP contribution in [-0.2, 0) is 6.54 Å². The van der Waals surface area contributed by atoms with Gasteiger partial charge in [-0.1, -0.05) is 29.5 Å². The fourth-order valence-electron chi connectivity index (χ4n) is 3.11. The highest BCUT2D eigenvalue weighted by molar-refractivity contribution is 5.94. The van der Waals surface area contributed by atoms with Gasteiger partial charge in [-0.3, -0.25) is 4.79 Å². The molecule has 0 spiro atoms. The Morgan fingerprint density at radius 1 is 1.17 bits per heavy atom. The van der Waals surface area contributed by atoms with Gasteiger partial charge in [0.25, 0.3) is 5.91 Å². The van der Waals surface area contributed by atoms with Crippen molar-refractivity contribution in [3.8, 4) is 0 Å². The Morgan fingerprint density at radius 3 is 2.71 bits per heavy atom. The van der Waals surface area contributed by atoms with Crippen LogP contribution < -0.4 is 5.73 Å². The summed E-state index contributed by atoms with van der Waals surface area (Å²) >= 11 is 0. The van der Waals surface area contributed by atoms with Crippen molar-refractivity contribution in [1.82, 2.24) is 19.9 Å². The minimum absolute atomic E-state index is 0.0562. The SMILES string of the molecule is N[C@@H]1CCN(C(=O)c2ccc(Cn3nnc4ccccc43)cc2)C1. The first-order chi connectivity index (χ1) is 11.7. The van der Waals surface area contributed by atoms with Crippen LogP contribution in [0.25, 0.3) is 11.0 Å². The maximum absolute atomic E-state index is 12.4. The number of rotatable bonds is 3. The van der Waals surface area contributed by atoms with Crippen molar-refractivity contribution < 1.29 is 4.79 Å². The number of para-hydroxylation sites is 1. The summed E-state index contributed by atoms with van der Waals surface area (Å²) in [6, 6.07) is 15.7. The molecule has 122 valence electrons. The van der Waals surface area contributed by atoms with E-state index in [0.29, 0.717) is 18.7 Å². The molecule has 6 nitrogen and oxygen atoms in total. The molecule has 1 amide bonds. The normalized spacial score (nSPS) is 17.5. The lowest BCUT2D eigenvalue weighted by Crippen LogP contribution is -2.31. The average Bonchev–Trinajstić information content (AvgIpc) is 3.22. The third kappa shape index (κ3) is 2.76. The number of likely N-dealkylation sites (tertiary alicyclic amines) is 1. The molecule has 2 aromatic carbocycles. The van der Waals surface area contributed by atoms with Gasteiger partial charge in [-0.05, 0) is 36.2 Å². The minimum atomic E-state index is 0.0562. The second-order valence-corrected chi connectivity index (χ2v) is 6.23. The Balaban J connectivity index is 1.50. The molecule has 1 fully saturated rings. The van der Waals surface area contributed by atoms with Gasteiger partial charge in [-0.25, -0.2) is 4.68 Å². The van der Waals surface area contributed by atoms with Crippen molar-refractivity contribution in [1.29, 1.82) is 0 Å². The summed E-state index contributed by atoms with van der Waals surface area (Å²) in [4.78, 5) is 14.3. The molecule has 0 unspecified atom stereocenters. The van der Waals surface area contributed by atoms with E-state index in [-0.39, 0.29) is 11.9 Å². The quantitative estimate of drug-likeness (QED) is 0.796. The maximum Gasteiger partial charge on any atom is 0.253 e. The van der Waals surface area contributed by atoms with Crippen LogP contribution in [0.4, 0.5) is 0 Å². The van der Waals surface area contributed by atoms with Crippen molar-refractivity contribution >= 4 is 16.9 Å². The van der Waals surface area contributed by atoms with E-state index >= 15 is 0 Å². The second-order valence-electron chi connectivity index (χ2n) is 6.23. The van der Waals surface area contributed by atoms with Crippen molar-refractivity contribution in [2.45, 2.75) is 19.0 Å². The lowest BCUT2D eigenvalue weighted by Gasteiger charge is -2.16. The lowest BCUT2D eigenvalue weighted by atomic mass is 10.1. The first-order valence-electron chi connectivity index (χ1n) is 8.13. The summed E-state index contributed by atoms with van der Waals surface area (Å²) in [5.74, 6) is 0.0562. The highest BCUT2D eigenvalue weighted by Crippen LogP contribution is 2.15. The Morgan fingerprint density at radius 2 is 1.96 bits per heavy atom. The summed E-state index contributed by atoms with van der Waals surface area (Å²) in [5, 5.41) is 8.36. The number of nitrogens with two attached hydrogens (primary N) is 1. The van der Waals surface area contributed by atoms with E-state index < -0.39 is 0 Å². The summed E-state index contributed by atoms with van der Waals surface area (Å²) in [6.45, 7) is 2.02. The zero-order chi connectivity index (χ0) is 16.5. The van der Waals surface area contributed by atoms with Crippen LogP contribution in [0.1, 0.15) is 22.3 Å². The smallest absolute Gasteiger partial charge is 0.253 e. The Kier molecular flexibility index (Phi) is 3.74. The lowest BCUT2D eigenvalue weighted by molar-refractivity contribution is 0.0791. The van der Waals surface area contributed by atoms with Crippen molar-refractivity contribution in [2.75, 3.05) is 13.1 Å². The van der Waals surface area contributed by atoms with E-state index in [1.165, 1.54) is 0 Å². The highest BCUT2D eigenvalue weighted by Gasteiger charge is 2.24. The third-order valence-corrected chi connectivity index (χ3v) is 4.47. The van der Waals surface area contributed by atoms with Gasteiger partial charge < -0.3 is 10.6 Å². The molecule has 1 saturated heterocycles. The average molecular weight is 321 g/mol. The molecule has 0 bridgehead atoms. The molecular weight excluding hydrogens is 302 g/mol. The molecule has 0 saturated carbocycles. The van der Waals surface area contributed by atoms with Crippen LogP contribution >= 0.6 is 0 Å². The van der Waals surface area contributed by atoms with Gasteiger partial charge in [0.05, 0.1) is 12.1 Å². The Labute approximate surface area is 139 Å². The van der Waals surface area contributed by atoms with E-state index in [1.54, 1.807) is 0 Å². The van der Waals surface area contributed by atoms with Gasteiger partial charge in [-0.2, -0.15) is 0 Å². The van der Waals surface area contributed by atoms with Crippen LogP contribution in [0.5, 0.6) is 0 Å². The molecule has 1 aliphatic rings. The summed E-state index contributed by atoms with van der Waals surface area (Å²) in [7, 11) is 0. The van der Waals surface area contributed by atoms with Gasteiger partial charge in [-0.15, -0.1) is 5.10 Å². The number of fused-ring (bicyclic) bond motifs is 1. The molecule has 6 heteroatoms. The van der Waals surface area contributed by atoms with E-state index in [0.717, 1.165) is 29.6 Å². The Bertz CT molecular complexity index is 871. The molecular formula is C18H19N5O. The van der Waals surface area contributed by atoms with Crippen molar-refractivity contribution in [3.05, 3.63) is 59.7 Å². The molecule has 24 heavy (non-hydrogen) atoms. The van der Waals surface area contributed by atoms with Crippen LogP contribution in [0.15, 0.2) is 48.5 Å². The van der Waals surface area contributed by atoms with Crippen LogP contribution in [0.2, 0.25) is 0 Å². The highest BCUT2D eigenvalue weighted by atomic mass is 16.2. The number of carbonyl (C=O) groups is 1. The van der Waals surface area contributed by atoms with Crippen molar-refractivity contribution in [3.63, 3.8) is 0 Å². The zero-order valence-electron chi connectivity index (χ0n) is 13.3. The fraction of sp³-hybridized carbons (Fsp3) is 0.278. The molecule has 2 heterocycles. The van der Waals surface area contributed by atoms with Crippen LogP contribution in [0.3, 0.4) is 0 Å². The summed E-state index contributed by atoms with van der Waals surface area (Å²) in [6.07, 6.45) is 0.878. The largest absolute Gasteiger partial charge is 0.337 e. The van der Waals surface area contributed by atoms with Crippen LogP contribution in [0, 0.1) is 0 Å². The minimum Gasteiger partial charge on any atom is -0.337 e. The number of hydrogen-bond acceptors (Lipinski definition) is 4. The van der Waals surface area contributed by atoms with Gasteiger partial charge in [0.15, 0.2) is 0 Å². The first-order valence-corrected chi connectivity index (χ1v) is 8.13. The molecule has 2 N–H and O–H groups in total. The molecule has 1 aromatic heterocycles. The van der Waals surface area contributed by atoms with E-state index in [1.807, 2.05) is 58.1 Å². The number of carbonyl (C=O) groups excluding carboxylic acids is 1. The van der Waals surface area contributed by atoms with Gasteiger partial charge in [0, 0.05) is 24.7 Å². The molecule has 0 radical (unpaired) electrons. The third-order valence-electron chi connectivity index (χ3n) is 4.47. The molecule has 4 rings (SSSR count). The number of hydrogen-bond donors (Lipinski definition) is 1. The van der Waals surface area contributed by atoms with Gasteiger partial charge in [0.1, 0.15) is 5.52 Å². The number of amides is 1. The molecule has 1 aliphatic heterocycles. The van der Waals surface area contributed by atoms with Gasteiger partial charge in [0.2, 0.25) is 0 Å². The van der Waals surface area contributed by atoms with Gasteiger partial charge >= 0.3 is 0 Å². The topological polar surface area (TPSA) is 77.0 Å². The van der Waals surface area contributed by atoms with E-state index in [2.05, 4.69) is 10.3 Å². The maximum atomic E-state index is 12.4. The zero-order valence-corrected chi connectivity index (χ0v) is 13.3. The molecule has 1 atom stereocenters. The molecule has 3 aromatic rings. The van der Waals surface area contributed by atoms with Crippen LogP contribution in [-0.4, -0.2) is 44.9 Å². The molecule has 0 aliphatic carbocycles. The predicted octanol–water partition coefficient (Wildman–Crippen LogP) is 1.65. The van der Waals surface area contributed by atoms with Crippen molar-refractivity contribution in [2.24, 2.45) is 5.73 Å². The van der Waals surface area contributed by atoms with E-state index in [9.17, 15) is 4.79 Å².